The van der Waals surface area contributed by atoms with Gasteiger partial charge in [0.25, 0.3) is 5.91 Å². The quantitative estimate of drug-likeness (QED) is 0.503. The lowest BCUT2D eigenvalue weighted by Crippen LogP contribution is -2.58. The van der Waals surface area contributed by atoms with Crippen LogP contribution in [0.5, 0.6) is 0 Å². The lowest BCUT2D eigenvalue weighted by Gasteiger charge is -2.44. The number of aliphatic carboxylic acids is 1. The second kappa shape index (κ2) is 10.8. The van der Waals surface area contributed by atoms with E-state index in [1.54, 1.807) is 44.2 Å². The number of ether oxygens (including phenoxy) is 1. The molecule has 0 fully saturated rings. The van der Waals surface area contributed by atoms with Gasteiger partial charge in [0.15, 0.2) is 0 Å². The Morgan fingerprint density at radius 1 is 1.26 bits per heavy atom. The average molecular weight is 502 g/mol. The van der Waals surface area contributed by atoms with Crippen LogP contribution in [-0.4, -0.2) is 69.4 Å². The Balaban J connectivity index is 2.01. The summed E-state index contributed by atoms with van der Waals surface area (Å²) in [5, 5.41) is 22.9. The number of carbonyl (C=O) groups excluding carboxylic acids is 2. The van der Waals surface area contributed by atoms with Crippen molar-refractivity contribution in [3.63, 3.8) is 0 Å². The molecule has 0 spiro atoms. The van der Waals surface area contributed by atoms with Crippen molar-refractivity contribution < 1.29 is 24.2 Å². The predicted molar refractivity (Wildman–Crippen MR) is 134 cm³/mol. The molecule has 0 aliphatic carbocycles. The van der Waals surface area contributed by atoms with Gasteiger partial charge in [-0.2, -0.15) is 11.3 Å². The molecule has 3 N–H and O–H groups in total. The smallest absolute Gasteiger partial charge is 0.407 e. The Bertz CT molecular complexity index is 1110. The van der Waals surface area contributed by atoms with Crippen molar-refractivity contribution in [3.05, 3.63) is 52.0 Å². The first-order valence-electron chi connectivity index (χ1n) is 11.3. The number of hydrazine groups is 1. The molecule has 1 aliphatic rings. The van der Waals surface area contributed by atoms with Crippen LogP contribution in [0.4, 0.5) is 10.5 Å². The molecule has 2 aromatic rings. The highest BCUT2D eigenvalue weighted by Gasteiger charge is 2.43. The third-order valence-corrected chi connectivity index (χ3v) is 5.93. The molecule has 0 radical (unpaired) electrons. The van der Waals surface area contributed by atoms with E-state index in [-0.39, 0.29) is 18.7 Å². The Morgan fingerprint density at radius 2 is 2.00 bits per heavy atom. The molecule has 0 aromatic carbocycles. The first-order chi connectivity index (χ1) is 16.5. The number of thiophene rings is 1. The molecule has 10 nitrogen and oxygen atoms in total. The predicted octanol–water partition coefficient (Wildman–Crippen LogP) is 3.33. The number of aromatic nitrogens is 1. The SMILES string of the molecule is CCN1C(=O)C(Nc2cnccc2C)C(C(=O)O)=C(c2ccsc2)N1CCNC(=O)OC(C)(C)C. The summed E-state index contributed by atoms with van der Waals surface area (Å²) in [6.07, 6.45) is 2.61. The molecular formula is C24H31N5O5S. The van der Waals surface area contributed by atoms with Gasteiger partial charge in [0.1, 0.15) is 11.6 Å². The molecular weight excluding hydrogens is 470 g/mol. The van der Waals surface area contributed by atoms with Crippen LogP contribution >= 0.6 is 11.3 Å². The van der Waals surface area contributed by atoms with E-state index in [1.165, 1.54) is 16.3 Å². The number of hydrogen-bond donors (Lipinski definition) is 3. The number of likely N-dealkylation sites (N-methyl/N-ethyl adjacent to an activating group) is 1. The second-order valence-electron chi connectivity index (χ2n) is 8.95. The molecule has 1 unspecified atom stereocenters. The van der Waals surface area contributed by atoms with Gasteiger partial charge >= 0.3 is 12.1 Å². The zero-order chi connectivity index (χ0) is 25.8. The molecule has 2 amide bonds. The summed E-state index contributed by atoms with van der Waals surface area (Å²) in [7, 11) is 0. The summed E-state index contributed by atoms with van der Waals surface area (Å²) in [6, 6.07) is 2.47. The van der Waals surface area contributed by atoms with Crippen molar-refractivity contribution in [2.75, 3.05) is 25.0 Å². The number of pyridine rings is 1. The Kier molecular flexibility index (Phi) is 8.00. The minimum Gasteiger partial charge on any atom is -0.478 e. The Hall–Kier alpha value is -3.60. The summed E-state index contributed by atoms with van der Waals surface area (Å²) in [6.45, 7) is 9.57. The van der Waals surface area contributed by atoms with E-state index < -0.39 is 29.6 Å². The number of anilines is 1. The standard InChI is InChI=1S/C24H31N5O5S/c1-6-28-21(30)19(27-17-13-25-9-7-15(17)2)18(22(31)32)20(16-8-12-35-14-16)29(28)11-10-26-23(33)34-24(3,4)5/h7-9,12-14,19,27H,6,10-11H2,1-5H3,(H,26,33)(H,31,32). The van der Waals surface area contributed by atoms with Crippen LogP contribution in [-0.2, 0) is 14.3 Å². The van der Waals surface area contributed by atoms with Crippen molar-refractivity contribution in [3.8, 4) is 0 Å². The molecule has 0 bridgehead atoms. The average Bonchev–Trinajstić information content (AvgIpc) is 3.29. The van der Waals surface area contributed by atoms with Crippen LogP contribution in [0.25, 0.3) is 5.70 Å². The zero-order valence-electron chi connectivity index (χ0n) is 20.5. The van der Waals surface area contributed by atoms with Crippen LogP contribution in [0.2, 0.25) is 0 Å². The summed E-state index contributed by atoms with van der Waals surface area (Å²) >= 11 is 1.42. The largest absolute Gasteiger partial charge is 0.478 e. The molecule has 0 saturated heterocycles. The van der Waals surface area contributed by atoms with Gasteiger partial charge in [0.05, 0.1) is 29.7 Å². The van der Waals surface area contributed by atoms with Crippen molar-refractivity contribution in [1.29, 1.82) is 0 Å². The van der Waals surface area contributed by atoms with Gasteiger partial charge in [0.2, 0.25) is 0 Å². The van der Waals surface area contributed by atoms with Gasteiger partial charge in [-0.15, -0.1) is 0 Å². The minimum absolute atomic E-state index is 0.0707. The number of carbonyl (C=O) groups is 3. The summed E-state index contributed by atoms with van der Waals surface area (Å²) in [5.74, 6) is -1.62. The summed E-state index contributed by atoms with van der Waals surface area (Å²) in [5.41, 5.74) is 1.75. The van der Waals surface area contributed by atoms with Crippen LogP contribution in [0, 0.1) is 6.92 Å². The summed E-state index contributed by atoms with van der Waals surface area (Å²) in [4.78, 5) is 42.4. The fraction of sp³-hybridized carbons (Fsp3) is 0.417. The number of alkyl carbamates (subject to hydrolysis) is 1. The second-order valence-corrected chi connectivity index (χ2v) is 9.73. The first-order valence-corrected chi connectivity index (χ1v) is 12.2. The Labute approximate surface area is 208 Å². The molecule has 35 heavy (non-hydrogen) atoms. The normalized spacial score (nSPS) is 16.4. The maximum Gasteiger partial charge on any atom is 0.407 e. The van der Waals surface area contributed by atoms with E-state index in [0.29, 0.717) is 23.5 Å². The maximum atomic E-state index is 13.6. The van der Waals surface area contributed by atoms with Crippen LogP contribution in [0.1, 0.15) is 38.8 Å². The molecule has 188 valence electrons. The van der Waals surface area contributed by atoms with Crippen LogP contribution < -0.4 is 10.6 Å². The number of nitrogens with one attached hydrogen (secondary N) is 2. The molecule has 11 heteroatoms. The third-order valence-electron chi connectivity index (χ3n) is 5.25. The number of carboxylic acids is 1. The fourth-order valence-corrected chi connectivity index (χ4v) is 4.40. The van der Waals surface area contributed by atoms with E-state index in [2.05, 4.69) is 15.6 Å². The number of aryl methyl sites for hydroxylation is 1. The monoisotopic (exact) mass is 501 g/mol. The number of carboxylic acid groups (broad SMARTS) is 1. The molecule has 1 aliphatic heterocycles. The first kappa shape index (κ1) is 26.0. The van der Waals surface area contributed by atoms with Crippen molar-refractivity contribution in [2.24, 2.45) is 0 Å². The molecule has 2 aromatic heterocycles. The highest BCUT2D eigenvalue weighted by Crippen LogP contribution is 2.34. The van der Waals surface area contributed by atoms with Gasteiger partial charge in [-0.1, -0.05) is 0 Å². The molecule has 3 rings (SSSR count). The summed E-state index contributed by atoms with van der Waals surface area (Å²) < 4.78 is 5.28. The van der Waals surface area contributed by atoms with Gasteiger partial charge in [0, 0.05) is 30.2 Å². The molecule has 1 atom stereocenters. The van der Waals surface area contributed by atoms with Gasteiger partial charge < -0.3 is 20.5 Å². The van der Waals surface area contributed by atoms with Gasteiger partial charge in [-0.25, -0.2) is 9.59 Å². The van der Waals surface area contributed by atoms with Crippen molar-refractivity contribution in [1.82, 2.24) is 20.3 Å². The van der Waals surface area contributed by atoms with E-state index >= 15 is 0 Å². The highest BCUT2D eigenvalue weighted by atomic mass is 32.1. The van der Waals surface area contributed by atoms with E-state index in [9.17, 15) is 19.5 Å². The number of nitrogens with zero attached hydrogens (tertiary/aromatic N) is 3. The number of rotatable bonds is 8. The zero-order valence-corrected chi connectivity index (χ0v) is 21.3. The van der Waals surface area contributed by atoms with E-state index in [0.717, 1.165) is 5.56 Å². The number of hydrogen-bond acceptors (Lipinski definition) is 8. The third kappa shape index (κ3) is 6.10. The van der Waals surface area contributed by atoms with Gasteiger partial charge in [-0.3, -0.25) is 19.8 Å². The number of amides is 2. The lowest BCUT2D eigenvalue weighted by atomic mass is 9.96. The van der Waals surface area contributed by atoms with Crippen molar-refractivity contribution in [2.45, 2.75) is 46.3 Å². The van der Waals surface area contributed by atoms with Crippen molar-refractivity contribution >= 4 is 40.7 Å². The minimum atomic E-state index is -1.21. The highest BCUT2D eigenvalue weighted by molar-refractivity contribution is 7.08. The topological polar surface area (TPSA) is 124 Å². The lowest BCUT2D eigenvalue weighted by molar-refractivity contribution is -0.147. The molecule has 3 heterocycles. The van der Waals surface area contributed by atoms with Gasteiger partial charge in [-0.05, 0) is 57.7 Å². The van der Waals surface area contributed by atoms with E-state index in [4.69, 9.17) is 4.74 Å². The van der Waals surface area contributed by atoms with E-state index in [1.807, 2.05) is 30.7 Å². The van der Waals surface area contributed by atoms with Crippen LogP contribution in [0.3, 0.4) is 0 Å². The Morgan fingerprint density at radius 3 is 2.57 bits per heavy atom. The molecule has 0 saturated carbocycles. The maximum absolute atomic E-state index is 13.6. The van der Waals surface area contributed by atoms with Crippen LogP contribution in [0.15, 0.2) is 40.9 Å². The fourth-order valence-electron chi connectivity index (χ4n) is 3.76.